The molecule has 0 amide bonds. The van der Waals surface area contributed by atoms with E-state index in [9.17, 15) is 5.26 Å². The summed E-state index contributed by atoms with van der Waals surface area (Å²) in [4.78, 5) is 2.39. The lowest BCUT2D eigenvalue weighted by molar-refractivity contribution is 0.317. The van der Waals surface area contributed by atoms with E-state index < -0.39 is 0 Å². The lowest BCUT2D eigenvalue weighted by atomic mass is 9.83. The van der Waals surface area contributed by atoms with E-state index in [0.717, 1.165) is 34.6 Å². The molecule has 0 saturated heterocycles. The lowest BCUT2D eigenvalue weighted by Gasteiger charge is -2.24. The number of aromatic nitrogens is 2. The van der Waals surface area contributed by atoms with Crippen LogP contribution in [0.4, 0.5) is 0 Å². The third-order valence-electron chi connectivity index (χ3n) is 4.94. The van der Waals surface area contributed by atoms with Gasteiger partial charge < -0.3 is 15.2 Å². The Morgan fingerprint density at radius 2 is 2.07 bits per heavy atom. The number of aromatic amines is 1. The summed E-state index contributed by atoms with van der Waals surface area (Å²) in [6, 6.07) is 12.1. The number of nitrogens with two attached hydrogens (primary N) is 1. The molecule has 2 aromatic heterocycles. The predicted octanol–water partition coefficient (Wildman–Crippen LogP) is 4.76. The maximum atomic E-state index is 9.83. The molecule has 0 unspecified atom stereocenters. The minimum absolute atomic E-state index is 0.0904. The topological polar surface area (TPSA) is 96.9 Å². The van der Waals surface area contributed by atoms with E-state index in [1.807, 2.05) is 24.3 Å². The second-order valence-electron chi connectivity index (χ2n) is 6.99. The zero-order chi connectivity index (χ0) is 20.5. The fourth-order valence-electron chi connectivity index (χ4n) is 3.64. The third-order valence-corrected chi connectivity index (χ3v) is 5.90. The number of H-pyrrole nitrogens is 1. The van der Waals surface area contributed by atoms with E-state index >= 15 is 0 Å². The fourth-order valence-corrected chi connectivity index (χ4v) is 4.57. The number of hydrogen-bond acceptors (Lipinski definition) is 6. The van der Waals surface area contributed by atoms with Crippen molar-refractivity contribution >= 4 is 11.3 Å². The van der Waals surface area contributed by atoms with Crippen LogP contribution in [0.15, 0.2) is 41.8 Å². The van der Waals surface area contributed by atoms with Gasteiger partial charge in [0.05, 0.1) is 23.8 Å². The summed E-state index contributed by atoms with van der Waals surface area (Å²) in [6.45, 7) is 6.89. The Hall–Kier alpha value is -3.24. The summed E-state index contributed by atoms with van der Waals surface area (Å²) in [7, 11) is 0. The van der Waals surface area contributed by atoms with Crippen LogP contribution < -0.4 is 15.2 Å². The number of rotatable bonds is 5. The van der Waals surface area contributed by atoms with E-state index in [1.165, 1.54) is 9.75 Å². The van der Waals surface area contributed by atoms with E-state index in [0.29, 0.717) is 18.1 Å². The van der Waals surface area contributed by atoms with Crippen LogP contribution in [0.5, 0.6) is 11.6 Å². The number of ether oxygens (including phenoxy) is 2. The highest BCUT2D eigenvalue weighted by atomic mass is 32.1. The van der Waals surface area contributed by atoms with Crippen LogP contribution in [0.1, 0.15) is 40.1 Å². The van der Waals surface area contributed by atoms with Gasteiger partial charge in [-0.1, -0.05) is 19.1 Å². The standard InChI is InChI=1S/C22H22N4O2S/c1-4-9-27-15-7-5-14(6-8-15)18-17(11-23)21(24)28-22-19(18)20(25-26-22)16-10-12(2)29-13(16)3/h5-8,10,18H,4,9,24H2,1-3H3,(H,25,26)/t18-/m1/s1. The van der Waals surface area contributed by atoms with E-state index in [2.05, 4.69) is 43.1 Å². The molecule has 0 bridgehead atoms. The number of allylic oxidation sites excluding steroid dienone is 1. The fraction of sp³-hybridized carbons (Fsp3) is 0.273. The van der Waals surface area contributed by atoms with Gasteiger partial charge in [0, 0.05) is 15.3 Å². The molecule has 3 heterocycles. The van der Waals surface area contributed by atoms with Crippen molar-refractivity contribution in [2.24, 2.45) is 5.73 Å². The molecule has 1 aliphatic rings. The average molecular weight is 407 g/mol. The van der Waals surface area contributed by atoms with Crippen molar-refractivity contribution in [1.29, 1.82) is 5.26 Å². The number of thiophene rings is 1. The molecule has 1 aromatic carbocycles. The molecular weight excluding hydrogens is 384 g/mol. The molecule has 0 radical (unpaired) electrons. The number of benzene rings is 1. The Kier molecular flexibility index (Phi) is 5.03. The number of nitriles is 1. The van der Waals surface area contributed by atoms with Crippen LogP contribution in [0, 0.1) is 25.2 Å². The van der Waals surface area contributed by atoms with Crippen molar-refractivity contribution < 1.29 is 9.47 Å². The molecule has 4 rings (SSSR count). The normalized spacial score (nSPS) is 15.6. The van der Waals surface area contributed by atoms with Crippen molar-refractivity contribution in [3.63, 3.8) is 0 Å². The van der Waals surface area contributed by atoms with Crippen molar-refractivity contribution in [3.8, 4) is 29.0 Å². The Labute approximate surface area is 173 Å². The van der Waals surface area contributed by atoms with E-state index in [4.69, 9.17) is 15.2 Å². The second kappa shape index (κ2) is 7.64. The quantitative estimate of drug-likeness (QED) is 0.636. The van der Waals surface area contributed by atoms with Gasteiger partial charge in [-0.25, -0.2) is 0 Å². The molecule has 1 atom stereocenters. The zero-order valence-corrected chi connectivity index (χ0v) is 17.4. The Balaban J connectivity index is 1.84. The minimum Gasteiger partial charge on any atom is -0.494 e. The summed E-state index contributed by atoms with van der Waals surface area (Å²) in [5, 5.41) is 17.3. The van der Waals surface area contributed by atoms with Crippen LogP contribution >= 0.6 is 11.3 Å². The third kappa shape index (κ3) is 3.36. The predicted molar refractivity (Wildman–Crippen MR) is 113 cm³/mol. The summed E-state index contributed by atoms with van der Waals surface area (Å²) in [5.41, 5.74) is 10.1. The van der Waals surface area contributed by atoms with Gasteiger partial charge in [0.15, 0.2) is 0 Å². The van der Waals surface area contributed by atoms with Gasteiger partial charge in [-0.15, -0.1) is 16.4 Å². The molecular formula is C22H22N4O2S. The first-order chi connectivity index (χ1) is 14.0. The number of aryl methyl sites for hydroxylation is 2. The smallest absolute Gasteiger partial charge is 0.244 e. The summed E-state index contributed by atoms with van der Waals surface area (Å²) in [5.74, 6) is 0.941. The van der Waals surface area contributed by atoms with Crippen LogP contribution in [-0.2, 0) is 0 Å². The zero-order valence-electron chi connectivity index (χ0n) is 16.6. The molecule has 0 fully saturated rings. The number of fused-ring (bicyclic) bond motifs is 1. The van der Waals surface area contributed by atoms with Crippen LogP contribution in [0.2, 0.25) is 0 Å². The highest BCUT2D eigenvalue weighted by Gasteiger charge is 2.36. The molecule has 3 N–H and O–H groups in total. The van der Waals surface area contributed by atoms with Crippen molar-refractivity contribution in [3.05, 3.63) is 62.7 Å². The van der Waals surface area contributed by atoms with Gasteiger partial charge in [0.25, 0.3) is 0 Å². The number of nitrogens with zero attached hydrogens (tertiary/aromatic N) is 2. The maximum Gasteiger partial charge on any atom is 0.244 e. The van der Waals surface area contributed by atoms with Crippen molar-refractivity contribution in [1.82, 2.24) is 10.2 Å². The molecule has 6 nitrogen and oxygen atoms in total. The van der Waals surface area contributed by atoms with Gasteiger partial charge in [0.1, 0.15) is 17.4 Å². The average Bonchev–Trinajstić information content (AvgIpc) is 3.27. The summed E-state index contributed by atoms with van der Waals surface area (Å²) < 4.78 is 11.4. The lowest BCUT2D eigenvalue weighted by Crippen LogP contribution is -2.21. The van der Waals surface area contributed by atoms with Gasteiger partial charge in [-0.05, 0) is 44.0 Å². The molecule has 29 heavy (non-hydrogen) atoms. The van der Waals surface area contributed by atoms with Gasteiger partial charge in [-0.3, -0.25) is 5.10 Å². The summed E-state index contributed by atoms with van der Waals surface area (Å²) >= 11 is 1.72. The summed E-state index contributed by atoms with van der Waals surface area (Å²) in [6.07, 6.45) is 0.945. The van der Waals surface area contributed by atoms with Gasteiger partial charge >= 0.3 is 0 Å². The maximum absolute atomic E-state index is 9.83. The number of nitrogens with one attached hydrogen (secondary N) is 1. The monoisotopic (exact) mass is 406 g/mol. The largest absolute Gasteiger partial charge is 0.494 e. The first-order valence-corrected chi connectivity index (χ1v) is 10.3. The molecule has 0 aliphatic carbocycles. The minimum atomic E-state index is -0.364. The van der Waals surface area contributed by atoms with Crippen molar-refractivity contribution in [2.75, 3.05) is 6.61 Å². The Bertz CT molecular complexity index is 1120. The van der Waals surface area contributed by atoms with Crippen LogP contribution in [0.25, 0.3) is 11.3 Å². The molecule has 0 saturated carbocycles. The first kappa shape index (κ1) is 19.1. The Morgan fingerprint density at radius 3 is 2.69 bits per heavy atom. The van der Waals surface area contributed by atoms with Gasteiger partial charge in [0.2, 0.25) is 11.8 Å². The highest BCUT2D eigenvalue weighted by Crippen LogP contribution is 2.47. The Morgan fingerprint density at radius 1 is 1.31 bits per heavy atom. The molecule has 0 spiro atoms. The molecule has 3 aromatic rings. The SMILES string of the molecule is CCCOc1ccc([C@@H]2C(C#N)=C(N)Oc3n[nH]c(-c4cc(C)sc4C)c32)cc1. The number of hydrogen-bond donors (Lipinski definition) is 2. The molecule has 148 valence electrons. The highest BCUT2D eigenvalue weighted by molar-refractivity contribution is 7.12. The molecule has 1 aliphatic heterocycles. The first-order valence-electron chi connectivity index (χ1n) is 9.49. The van der Waals surface area contributed by atoms with E-state index in [1.54, 1.807) is 11.3 Å². The van der Waals surface area contributed by atoms with Crippen molar-refractivity contribution in [2.45, 2.75) is 33.1 Å². The van der Waals surface area contributed by atoms with Crippen LogP contribution in [-0.4, -0.2) is 16.8 Å². The van der Waals surface area contributed by atoms with Gasteiger partial charge in [-0.2, -0.15) is 5.26 Å². The molecule has 7 heteroatoms. The van der Waals surface area contributed by atoms with Crippen LogP contribution in [0.3, 0.4) is 0 Å². The van der Waals surface area contributed by atoms with E-state index in [-0.39, 0.29) is 11.8 Å². The second-order valence-corrected chi connectivity index (χ2v) is 8.45.